The van der Waals surface area contributed by atoms with Crippen LogP contribution in [0.3, 0.4) is 0 Å². The third kappa shape index (κ3) is 5.78. The molecule has 0 spiro atoms. The van der Waals surface area contributed by atoms with Crippen LogP contribution in [0.5, 0.6) is 5.75 Å². The minimum absolute atomic E-state index is 0.0354. The van der Waals surface area contributed by atoms with Crippen LogP contribution in [0, 0.1) is 18.6 Å². The van der Waals surface area contributed by atoms with Gasteiger partial charge in [-0.3, -0.25) is 0 Å². The van der Waals surface area contributed by atoms with Gasteiger partial charge in [-0.25, -0.2) is 13.8 Å². The summed E-state index contributed by atoms with van der Waals surface area (Å²) < 4.78 is 82.5. The van der Waals surface area contributed by atoms with Crippen LogP contribution >= 0.6 is 0 Å². The topological polar surface area (TPSA) is 36.9 Å². The second kappa shape index (κ2) is 9.06. The molecule has 0 aliphatic rings. The Morgan fingerprint density at radius 3 is 2.48 bits per heavy atom. The predicted octanol–water partition coefficient (Wildman–Crippen LogP) is 5.87. The summed E-state index contributed by atoms with van der Waals surface area (Å²) in [6.45, 7) is 4.32. The fraction of sp³-hybridized carbons (Fsp3) is 0.316. The second-order valence-corrected chi connectivity index (χ2v) is 6.17. The molecule has 0 saturated heterocycles. The number of alkyl halides is 4. The number of aryl methyl sites for hydroxylation is 1. The monoisotopic (exact) mass is 419 g/mol. The zero-order valence-corrected chi connectivity index (χ0v) is 15.8. The lowest BCUT2D eigenvalue weighted by Crippen LogP contribution is -2.33. The maximum Gasteiger partial charge on any atom is 0.461 e. The highest BCUT2D eigenvalue weighted by atomic mass is 19.3. The first-order valence-corrected chi connectivity index (χ1v) is 8.49. The zero-order chi connectivity index (χ0) is 21.8. The number of rotatable bonds is 8. The van der Waals surface area contributed by atoms with Gasteiger partial charge in [0, 0.05) is 31.4 Å². The van der Waals surface area contributed by atoms with Crippen molar-refractivity contribution < 1.29 is 31.1 Å². The van der Waals surface area contributed by atoms with Crippen molar-refractivity contribution in [1.82, 2.24) is 4.90 Å². The summed E-state index contributed by atoms with van der Waals surface area (Å²) in [7, 11) is 1.80. The largest absolute Gasteiger partial charge is 0.461 e. The molecule has 158 valence electrons. The van der Waals surface area contributed by atoms with Crippen LogP contribution < -0.4 is 10.1 Å². The van der Waals surface area contributed by atoms with E-state index in [-0.39, 0.29) is 11.4 Å². The van der Waals surface area contributed by atoms with E-state index >= 15 is 0 Å². The summed E-state index contributed by atoms with van der Waals surface area (Å²) in [5.74, 6) is -3.06. The molecule has 0 fully saturated rings. The van der Waals surface area contributed by atoms with Gasteiger partial charge in [0.25, 0.3) is 0 Å². The lowest BCUT2D eigenvalue weighted by Gasteiger charge is -2.18. The number of aliphatic imine (C=N–C) groups is 1. The van der Waals surface area contributed by atoms with Gasteiger partial charge in [-0.2, -0.15) is 17.6 Å². The van der Waals surface area contributed by atoms with Gasteiger partial charge < -0.3 is 15.0 Å². The summed E-state index contributed by atoms with van der Waals surface area (Å²) in [5, 5.41) is 2.58. The van der Waals surface area contributed by atoms with E-state index < -0.39 is 29.9 Å². The van der Waals surface area contributed by atoms with E-state index in [0.717, 1.165) is 18.2 Å². The quantitative estimate of drug-likeness (QED) is 0.331. The van der Waals surface area contributed by atoms with Crippen molar-refractivity contribution in [3.63, 3.8) is 0 Å². The second-order valence-electron chi connectivity index (χ2n) is 6.17. The molecule has 0 bridgehead atoms. The fourth-order valence-corrected chi connectivity index (χ4v) is 2.15. The normalized spacial score (nSPS) is 11.9. The van der Waals surface area contributed by atoms with E-state index in [2.05, 4.69) is 15.0 Å². The number of nitrogens with one attached hydrogen (secondary N) is 1. The molecule has 1 N–H and O–H groups in total. The minimum Gasteiger partial charge on any atom is -0.425 e. The lowest BCUT2D eigenvalue weighted by atomic mass is 10.1. The highest BCUT2D eigenvalue weighted by Crippen LogP contribution is 2.33. The highest BCUT2D eigenvalue weighted by molar-refractivity contribution is 5.68. The third-order valence-corrected chi connectivity index (χ3v) is 3.89. The molecule has 2 aromatic rings. The Balaban J connectivity index is 2.27. The Hall–Kier alpha value is -2.91. The van der Waals surface area contributed by atoms with Crippen LogP contribution in [-0.2, 0) is 0 Å². The smallest absolute Gasteiger partial charge is 0.425 e. The third-order valence-electron chi connectivity index (χ3n) is 3.89. The van der Waals surface area contributed by atoms with E-state index in [1.807, 2.05) is 6.92 Å². The van der Waals surface area contributed by atoms with Gasteiger partial charge in [0.2, 0.25) is 0 Å². The molecule has 0 unspecified atom stereocenters. The Morgan fingerprint density at radius 2 is 1.86 bits per heavy atom. The van der Waals surface area contributed by atoms with Gasteiger partial charge in [0.15, 0.2) is 11.6 Å². The minimum atomic E-state index is -4.87. The predicted molar refractivity (Wildman–Crippen MR) is 98.9 cm³/mol. The van der Waals surface area contributed by atoms with Crippen molar-refractivity contribution in [2.45, 2.75) is 26.4 Å². The number of nitrogens with zero attached hydrogens (tertiary/aromatic N) is 2. The molecular formula is C19H19F6N3O. The molecule has 0 aliphatic heterocycles. The highest BCUT2D eigenvalue weighted by Gasteiger charge is 2.44. The van der Waals surface area contributed by atoms with Gasteiger partial charge in [0.1, 0.15) is 5.82 Å². The Kier molecular flexibility index (Phi) is 6.99. The molecule has 0 heterocycles. The van der Waals surface area contributed by atoms with E-state index in [0.29, 0.717) is 17.8 Å². The van der Waals surface area contributed by atoms with Crippen LogP contribution in [0.15, 0.2) is 35.3 Å². The van der Waals surface area contributed by atoms with Crippen LogP contribution in [0.4, 0.5) is 43.4 Å². The molecule has 0 aliphatic carbocycles. The Bertz CT molecular complexity index is 888. The van der Waals surface area contributed by atoms with E-state index in [1.54, 1.807) is 25.2 Å². The summed E-state index contributed by atoms with van der Waals surface area (Å²) in [5.41, 5.74) is 0.917. The van der Waals surface area contributed by atoms with Crippen LogP contribution in [0.1, 0.15) is 12.5 Å². The van der Waals surface area contributed by atoms with E-state index in [4.69, 9.17) is 0 Å². The van der Waals surface area contributed by atoms with Crippen molar-refractivity contribution in [2.75, 3.05) is 18.9 Å². The average molecular weight is 419 g/mol. The maximum absolute atomic E-state index is 14.4. The average Bonchev–Trinajstić information content (AvgIpc) is 2.65. The Morgan fingerprint density at radius 1 is 1.17 bits per heavy atom. The molecule has 2 aromatic carbocycles. The number of benzene rings is 2. The molecule has 0 atom stereocenters. The van der Waals surface area contributed by atoms with Crippen molar-refractivity contribution in [1.29, 1.82) is 0 Å². The van der Waals surface area contributed by atoms with Crippen molar-refractivity contribution in [2.24, 2.45) is 4.99 Å². The van der Waals surface area contributed by atoms with Crippen molar-refractivity contribution in [3.05, 3.63) is 47.5 Å². The maximum atomic E-state index is 14.4. The molecule has 10 heteroatoms. The van der Waals surface area contributed by atoms with Crippen LogP contribution in [0.2, 0.25) is 0 Å². The van der Waals surface area contributed by atoms with E-state index in [9.17, 15) is 26.3 Å². The Labute approximate surface area is 163 Å². The first-order chi connectivity index (χ1) is 13.5. The fourth-order valence-electron chi connectivity index (χ4n) is 2.15. The van der Waals surface area contributed by atoms with E-state index in [1.165, 1.54) is 12.1 Å². The molecular weight excluding hydrogens is 400 g/mol. The number of ether oxygens (including phenoxy) is 1. The van der Waals surface area contributed by atoms with Crippen LogP contribution in [-0.4, -0.2) is 37.4 Å². The van der Waals surface area contributed by atoms with Gasteiger partial charge in [-0.15, -0.1) is 0 Å². The SMILES string of the molecule is CCN(C)C=Nc1cc(F)c(Nc2ccc(F)c(OC(F)(F)C(F)F)c2)cc1C. The zero-order valence-electron chi connectivity index (χ0n) is 15.8. The summed E-state index contributed by atoms with van der Waals surface area (Å²) in [6.07, 6.45) is -7.47. The number of hydrogen-bond donors (Lipinski definition) is 1. The number of hydrogen-bond acceptors (Lipinski definition) is 3. The summed E-state index contributed by atoms with van der Waals surface area (Å²) in [4.78, 5) is 5.97. The standard InChI is InChI=1S/C19H19F6N3O/c1-4-28(3)10-26-15-9-14(21)16(7-11(15)2)27-12-5-6-13(20)17(8-12)29-19(24,25)18(22)23/h5-10,18,27H,4H2,1-3H3. The van der Waals surface area contributed by atoms with Crippen molar-refractivity contribution in [3.8, 4) is 5.75 Å². The molecule has 29 heavy (non-hydrogen) atoms. The first kappa shape index (κ1) is 22.4. The number of anilines is 2. The van der Waals surface area contributed by atoms with Crippen molar-refractivity contribution >= 4 is 23.4 Å². The molecule has 0 radical (unpaired) electrons. The van der Waals surface area contributed by atoms with Gasteiger partial charge in [0.05, 0.1) is 17.7 Å². The number of halogens is 6. The molecule has 0 aromatic heterocycles. The first-order valence-electron chi connectivity index (χ1n) is 8.49. The van der Waals surface area contributed by atoms with Gasteiger partial charge >= 0.3 is 12.5 Å². The van der Waals surface area contributed by atoms with Gasteiger partial charge in [-0.1, -0.05) is 0 Å². The summed E-state index contributed by atoms with van der Waals surface area (Å²) in [6, 6.07) is 5.20. The molecule has 0 amide bonds. The van der Waals surface area contributed by atoms with Crippen LogP contribution in [0.25, 0.3) is 0 Å². The lowest BCUT2D eigenvalue weighted by molar-refractivity contribution is -0.254. The molecule has 2 rings (SSSR count). The van der Waals surface area contributed by atoms with Gasteiger partial charge in [-0.05, 0) is 37.6 Å². The molecule has 4 nitrogen and oxygen atoms in total. The summed E-state index contributed by atoms with van der Waals surface area (Å²) >= 11 is 0. The molecule has 0 saturated carbocycles.